The lowest BCUT2D eigenvalue weighted by Crippen LogP contribution is -2.05. The maximum Gasteiger partial charge on any atom is 0.222 e. The molecule has 0 saturated heterocycles. The summed E-state index contributed by atoms with van der Waals surface area (Å²) in [6, 6.07) is 15.3. The zero-order valence-corrected chi connectivity index (χ0v) is 15.1. The minimum absolute atomic E-state index is 0.000281. The third kappa shape index (κ3) is 3.75. The number of rotatable bonds is 5. The van der Waals surface area contributed by atoms with E-state index in [-0.39, 0.29) is 17.3 Å². The number of hydrogen-bond acceptors (Lipinski definition) is 7. The Balaban J connectivity index is 2.00. The van der Waals surface area contributed by atoms with Crippen LogP contribution in [0, 0.1) is 18.3 Å². The summed E-state index contributed by atoms with van der Waals surface area (Å²) in [7, 11) is 1.57. The lowest BCUT2D eigenvalue weighted by atomic mass is 10.1. The predicted octanol–water partition coefficient (Wildman–Crippen LogP) is 3.08. The number of nitrogen functional groups attached to an aromatic ring is 2. The van der Waals surface area contributed by atoms with Crippen molar-refractivity contribution in [3.63, 3.8) is 0 Å². The van der Waals surface area contributed by atoms with E-state index in [1.807, 2.05) is 37.3 Å². The SMILES string of the molecule is COc1ccc(-c2nc(N)nc(N)c2C#N)cc1OCc1ccccc1C. The Morgan fingerprint density at radius 3 is 2.56 bits per heavy atom. The highest BCUT2D eigenvalue weighted by atomic mass is 16.5. The van der Waals surface area contributed by atoms with E-state index in [0.29, 0.717) is 29.4 Å². The first-order valence-corrected chi connectivity index (χ1v) is 8.22. The van der Waals surface area contributed by atoms with Crippen molar-refractivity contribution in [3.8, 4) is 28.8 Å². The number of benzene rings is 2. The molecule has 7 nitrogen and oxygen atoms in total. The van der Waals surface area contributed by atoms with E-state index in [9.17, 15) is 5.26 Å². The van der Waals surface area contributed by atoms with Crippen LogP contribution in [0.5, 0.6) is 11.5 Å². The van der Waals surface area contributed by atoms with Gasteiger partial charge in [0, 0.05) is 5.56 Å². The van der Waals surface area contributed by atoms with E-state index in [4.69, 9.17) is 20.9 Å². The molecule has 4 N–H and O–H groups in total. The van der Waals surface area contributed by atoms with Gasteiger partial charge >= 0.3 is 0 Å². The van der Waals surface area contributed by atoms with Crippen molar-refractivity contribution >= 4 is 11.8 Å². The number of aromatic nitrogens is 2. The van der Waals surface area contributed by atoms with Gasteiger partial charge in [-0.05, 0) is 36.2 Å². The molecule has 3 rings (SSSR count). The number of methoxy groups -OCH3 is 1. The Morgan fingerprint density at radius 1 is 1.07 bits per heavy atom. The van der Waals surface area contributed by atoms with Gasteiger partial charge in [0.05, 0.1) is 12.8 Å². The summed E-state index contributed by atoms with van der Waals surface area (Å²) in [5.74, 6) is 1.14. The Morgan fingerprint density at radius 2 is 1.85 bits per heavy atom. The van der Waals surface area contributed by atoms with Crippen LogP contribution in [-0.2, 0) is 6.61 Å². The van der Waals surface area contributed by atoms with Crippen LogP contribution in [0.4, 0.5) is 11.8 Å². The monoisotopic (exact) mass is 361 g/mol. The molecule has 0 bridgehead atoms. The van der Waals surface area contributed by atoms with Crippen LogP contribution in [0.15, 0.2) is 42.5 Å². The molecular formula is C20H19N5O2. The van der Waals surface area contributed by atoms with Crippen LogP contribution in [0.2, 0.25) is 0 Å². The maximum absolute atomic E-state index is 9.40. The van der Waals surface area contributed by atoms with Gasteiger partial charge in [-0.25, -0.2) is 4.98 Å². The molecule has 0 fully saturated rings. The summed E-state index contributed by atoms with van der Waals surface area (Å²) >= 11 is 0. The molecule has 27 heavy (non-hydrogen) atoms. The first kappa shape index (κ1) is 18.0. The maximum atomic E-state index is 9.40. The lowest BCUT2D eigenvalue weighted by molar-refractivity contribution is 0.284. The van der Waals surface area contributed by atoms with Gasteiger partial charge in [0.2, 0.25) is 5.95 Å². The van der Waals surface area contributed by atoms with Crippen molar-refractivity contribution in [2.45, 2.75) is 13.5 Å². The number of aryl methyl sites for hydroxylation is 1. The van der Waals surface area contributed by atoms with Crippen LogP contribution >= 0.6 is 0 Å². The number of hydrogen-bond donors (Lipinski definition) is 2. The number of nitrogens with zero attached hydrogens (tertiary/aromatic N) is 3. The second kappa shape index (κ2) is 7.62. The fourth-order valence-electron chi connectivity index (χ4n) is 2.68. The molecule has 0 spiro atoms. The summed E-state index contributed by atoms with van der Waals surface area (Å²) in [4.78, 5) is 8.01. The lowest BCUT2D eigenvalue weighted by Gasteiger charge is -2.14. The third-order valence-electron chi connectivity index (χ3n) is 4.15. The second-order valence-electron chi connectivity index (χ2n) is 5.88. The van der Waals surface area contributed by atoms with Gasteiger partial charge in [-0.15, -0.1) is 0 Å². The summed E-state index contributed by atoms with van der Waals surface area (Å²) in [5.41, 5.74) is 14.9. The van der Waals surface area contributed by atoms with Crippen molar-refractivity contribution in [1.29, 1.82) is 5.26 Å². The van der Waals surface area contributed by atoms with Crippen molar-refractivity contribution in [2.24, 2.45) is 0 Å². The van der Waals surface area contributed by atoms with Crippen LogP contribution < -0.4 is 20.9 Å². The van der Waals surface area contributed by atoms with Crippen molar-refractivity contribution in [2.75, 3.05) is 18.6 Å². The van der Waals surface area contributed by atoms with Gasteiger partial charge in [0.25, 0.3) is 0 Å². The van der Waals surface area contributed by atoms with Gasteiger partial charge in [-0.3, -0.25) is 0 Å². The molecule has 0 unspecified atom stereocenters. The van der Waals surface area contributed by atoms with Gasteiger partial charge in [0.15, 0.2) is 11.5 Å². The summed E-state index contributed by atoms with van der Waals surface area (Å²) in [6.45, 7) is 2.41. The Bertz CT molecular complexity index is 1030. The Hall–Kier alpha value is -3.79. The molecule has 3 aromatic rings. The number of nitriles is 1. The molecule has 0 aliphatic rings. The zero-order chi connectivity index (χ0) is 19.4. The number of nitrogens with two attached hydrogens (primary N) is 2. The van der Waals surface area contributed by atoms with Crippen molar-refractivity contribution in [3.05, 3.63) is 59.2 Å². The highest BCUT2D eigenvalue weighted by Crippen LogP contribution is 2.34. The first-order valence-electron chi connectivity index (χ1n) is 8.22. The summed E-state index contributed by atoms with van der Waals surface area (Å²) in [5, 5.41) is 9.40. The average molecular weight is 361 g/mol. The molecule has 0 saturated carbocycles. The van der Waals surface area contributed by atoms with E-state index in [1.165, 1.54) is 0 Å². The fraction of sp³-hybridized carbons (Fsp3) is 0.150. The molecule has 7 heteroatoms. The van der Waals surface area contributed by atoms with Crippen LogP contribution in [-0.4, -0.2) is 17.1 Å². The summed E-state index contributed by atoms with van der Waals surface area (Å²) in [6.07, 6.45) is 0. The molecule has 0 amide bonds. The Kier molecular flexibility index (Phi) is 5.08. The van der Waals surface area contributed by atoms with E-state index < -0.39 is 0 Å². The molecule has 1 heterocycles. The highest BCUT2D eigenvalue weighted by molar-refractivity contribution is 5.74. The zero-order valence-electron chi connectivity index (χ0n) is 15.1. The molecular weight excluding hydrogens is 342 g/mol. The average Bonchev–Trinajstić information content (AvgIpc) is 2.66. The molecule has 0 radical (unpaired) electrons. The van der Waals surface area contributed by atoms with E-state index in [1.54, 1.807) is 25.3 Å². The third-order valence-corrected chi connectivity index (χ3v) is 4.15. The van der Waals surface area contributed by atoms with E-state index in [2.05, 4.69) is 9.97 Å². The Labute approximate surface area is 157 Å². The predicted molar refractivity (Wildman–Crippen MR) is 103 cm³/mol. The number of ether oxygens (including phenoxy) is 2. The molecule has 1 aromatic heterocycles. The van der Waals surface area contributed by atoms with Gasteiger partial charge in [-0.2, -0.15) is 10.2 Å². The van der Waals surface area contributed by atoms with Crippen LogP contribution in [0.25, 0.3) is 11.3 Å². The topological polar surface area (TPSA) is 120 Å². The second-order valence-corrected chi connectivity index (χ2v) is 5.88. The van der Waals surface area contributed by atoms with Gasteiger partial charge < -0.3 is 20.9 Å². The standard InChI is InChI=1S/C20H19N5O2/c1-12-5-3-4-6-14(12)11-27-17-9-13(7-8-16(17)26-2)18-15(10-21)19(22)25-20(23)24-18/h3-9H,11H2,1-2H3,(H4,22,23,24,25). The number of anilines is 2. The van der Waals surface area contributed by atoms with Gasteiger partial charge in [-0.1, -0.05) is 24.3 Å². The normalized spacial score (nSPS) is 10.3. The van der Waals surface area contributed by atoms with E-state index >= 15 is 0 Å². The minimum Gasteiger partial charge on any atom is -0.493 e. The first-order chi connectivity index (χ1) is 13.0. The molecule has 2 aromatic carbocycles. The van der Waals surface area contributed by atoms with Crippen molar-refractivity contribution < 1.29 is 9.47 Å². The van der Waals surface area contributed by atoms with Crippen molar-refractivity contribution in [1.82, 2.24) is 9.97 Å². The fourth-order valence-corrected chi connectivity index (χ4v) is 2.68. The van der Waals surface area contributed by atoms with E-state index in [0.717, 1.165) is 11.1 Å². The molecule has 136 valence electrons. The summed E-state index contributed by atoms with van der Waals surface area (Å²) < 4.78 is 11.4. The van der Waals surface area contributed by atoms with Crippen LogP contribution in [0.1, 0.15) is 16.7 Å². The molecule has 0 aliphatic carbocycles. The highest BCUT2D eigenvalue weighted by Gasteiger charge is 2.16. The van der Waals surface area contributed by atoms with Crippen LogP contribution in [0.3, 0.4) is 0 Å². The quantitative estimate of drug-likeness (QED) is 0.716. The molecule has 0 aliphatic heterocycles. The minimum atomic E-state index is -0.000281. The van der Waals surface area contributed by atoms with Gasteiger partial charge in [0.1, 0.15) is 24.1 Å². The smallest absolute Gasteiger partial charge is 0.222 e. The largest absolute Gasteiger partial charge is 0.493 e. The molecule has 0 atom stereocenters.